The number of carbonyl (C=O) groups is 1. The van der Waals surface area contributed by atoms with E-state index in [4.69, 9.17) is 0 Å². The Hall–Kier alpha value is -1.89. The van der Waals surface area contributed by atoms with Crippen LogP contribution >= 0.6 is 12.4 Å². The molecule has 0 saturated carbocycles. The highest BCUT2D eigenvalue weighted by atomic mass is 35.5. The van der Waals surface area contributed by atoms with Crippen LogP contribution in [0.15, 0.2) is 36.7 Å². The number of carbonyl (C=O) groups excluding carboxylic acids is 1. The maximum Gasteiger partial charge on any atom is 0.253 e. The van der Waals surface area contributed by atoms with Crippen molar-refractivity contribution in [1.29, 1.82) is 0 Å². The largest absolute Gasteiger partial charge is 0.366 e. The van der Waals surface area contributed by atoms with Crippen LogP contribution in [0.1, 0.15) is 10.4 Å². The summed E-state index contributed by atoms with van der Waals surface area (Å²) in [5.41, 5.74) is 2.18. The van der Waals surface area contributed by atoms with Crippen molar-refractivity contribution >= 4 is 18.3 Å². The van der Waals surface area contributed by atoms with E-state index in [2.05, 4.69) is 20.5 Å². The van der Waals surface area contributed by atoms with Crippen LogP contribution in [0, 0.1) is 5.82 Å². The van der Waals surface area contributed by atoms with Gasteiger partial charge < -0.3 is 15.6 Å². The highest BCUT2D eigenvalue weighted by Gasteiger charge is 2.15. The van der Waals surface area contributed by atoms with Crippen LogP contribution in [0.2, 0.25) is 0 Å². The average Bonchev–Trinajstić information content (AvgIpc) is 3.06. The molecule has 0 unspecified atom stereocenters. The molecule has 0 spiro atoms. The molecule has 2 heterocycles. The molecule has 0 aliphatic carbocycles. The SMILES string of the molecule is Cl.O=C(NCCN1CCNCC1)c1c[nH]cc1-c1ccc(F)cc1. The van der Waals surface area contributed by atoms with E-state index in [1.54, 1.807) is 24.5 Å². The van der Waals surface area contributed by atoms with Gasteiger partial charge in [0.2, 0.25) is 0 Å². The number of H-pyrrole nitrogens is 1. The second-order valence-corrected chi connectivity index (χ2v) is 5.64. The molecule has 1 aliphatic rings. The van der Waals surface area contributed by atoms with Crippen molar-refractivity contribution in [2.75, 3.05) is 39.3 Å². The molecular formula is C17H22ClFN4O. The summed E-state index contributed by atoms with van der Waals surface area (Å²) >= 11 is 0. The van der Waals surface area contributed by atoms with Gasteiger partial charge in [0, 0.05) is 57.2 Å². The number of aromatic amines is 1. The van der Waals surface area contributed by atoms with E-state index >= 15 is 0 Å². The van der Waals surface area contributed by atoms with Crippen LogP contribution < -0.4 is 10.6 Å². The van der Waals surface area contributed by atoms with Crippen molar-refractivity contribution < 1.29 is 9.18 Å². The Morgan fingerprint density at radius 2 is 1.88 bits per heavy atom. The molecule has 2 aromatic rings. The Morgan fingerprint density at radius 3 is 2.58 bits per heavy atom. The van der Waals surface area contributed by atoms with Gasteiger partial charge in [-0.15, -0.1) is 12.4 Å². The third-order valence-electron chi connectivity index (χ3n) is 4.07. The van der Waals surface area contributed by atoms with Gasteiger partial charge in [0.15, 0.2) is 0 Å². The minimum Gasteiger partial charge on any atom is -0.366 e. The molecule has 24 heavy (non-hydrogen) atoms. The second kappa shape index (κ2) is 8.82. The first-order chi connectivity index (χ1) is 11.2. The molecule has 1 aromatic carbocycles. The summed E-state index contributed by atoms with van der Waals surface area (Å²) in [6.07, 6.45) is 3.44. The summed E-state index contributed by atoms with van der Waals surface area (Å²) in [6, 6.07) is 6.15. The molecule has 3 rings (SSSR count). The normalized spacial score (nSPS) is 14.9. The number of hydrogen-bond acceptors (Lipinski definition) is 3. The molecule has 1 aromatic heterocycles. The van der Waals surface area contributed by atoms with Crippen molar-refractivity contribution in [3.05, 3.63) is 48.0 Å². The topological polar surface area (TPSA) is 60.2 Å². The number of aromatic nitrogens is 1. The molecule has 3 N–H and O–H groups in total. The van der Waals surface area contributed by atoms with Crippen molar-refractivity contribution in [2.45, 2.75) is 0 Å². The summed E-state index contributed by atoms with van der Waals surface area (Å²) in [5, 5.41) is 6.26. The van der Waals surface area contributed by atoms with Crippen LogP contribution in [0.5, 0.6) is 0 Å². The fourth-order valence-electron chi connectivity index (χ4n) is 2.78. The van der Waals surface area contributed by atoms with Gasteiger partial charge in [-0.25, -0.2) is 4.39 Å². The minimum absolute atomic E-state index is 0. The molecule has 130 valence electrons. The third-order valence-corrected chi connectivity index (χ3v) is 4.07. The number of hydrogen-bond donors (Lipinski definition) is 3. The lowest BCUT2D eigenvalue weighted by molar-refractivity contribution is 0.0948. The Morgan fingerprint density at radius 1 is 1.17 bits per heavy atom. The average molecular weight is 353 g/mol. The number of benzene rings is 1. The van der Waals surface area contributed by atoms with Gasteiger partial charge in [-0.1, -0.05) is 12.1 Å². The smallest absolute Gasteiger partial charge is 0.253 e. The van der Waals surface area contributed by atoms with Gasteiger partial charge in [0.25, 0.3) is 5.91 Å². The van der Waals surface area contributed by atoms with Crippen LogP contribution in [0.4, 0.5) is 4.39 Å². The monoisotopic (exact) mass is 352 g/mol. The van der Waals surface area contributed by atoms with E-state index in [9.17, 15) is 9.18 Å². The van der Waals surface area contributed by atoms with Gasteiger partial charge >= 0.3 is 0 Å². The summed E-state index contributed by atoms with van der Waals surface area (Å²) in [6.45, 7) is 5.50. The lowest BCUT2D eigenvalue weighted by Gasteiger charge is -2.27. The summed E-state index contributed by atoms with van der Waals surface area (Å²) in [7, 11) is 0. The second-order valence-electron chi connectivity index (χ2n) is 5.64. The predicted molar refractivity (Wildman–Crippen MR) is 95.1 cm³/mol. The lowest BCUT2D eigenvalue weighted by atomic mass is 10.0. The first-order valence-corrected chi connectivity index (χ1v) is 7.88. The Balaban J connectivity index is 0.00000208. The number of nitrogens with zero attached hydrogens (tertiary/aromatic N) is 1. The third kappa shape index (κ3) is 4.56. The van der Waals surface area contributed by atoms with E-state index < -0.39 is 0 Å². The summed E-state index contributed by atoms with van der Waals surface area (Å²) < 4.78 is 13.0. The Labute approximate surface area is 147 Å². The quantitative estimate of drug-likeness (QED) is 0.770. The molecule has 1 aliphatic heterocycles. The number of halogens is 2. The fraction of sp³-hybridized carbons (Fsp3) is 0.353. The lowest BCUT2D eigenvalue weighted by Crippen LogP contribution is -2.46. The molecule has 5 nitrogen and oxygen atoms in total. The van der Waals surface area contributed by atoms with Gasteiger partial charge in [0.1, 0.15) is 5.82 Å². The van der Waals surface area contributed by atoms with Crippen molar-refractivity contribution in [1.82, 2.24) is 20.5 Å². The molecule has 7 heteroatoms. The first-order valence-electron chi connectivity index (χ1n) is 7.88. The Bertz CT molecular complexity index is 653. The van der Waals surface area contributed by atoms with Crippen LogP contribution in [-0.2, 0) is 0 Å². The van der Waals surface area contributed by atoms with Crippen LogP contribution in [0.3, 0.4) is 0 Å². The molecule has 1 fully saturated rings. The zero-order chi connectivity index (χ0) is 16.1. The number of nitrogens with one attached hydrogen (secondary N) is 3. The summed E-state index contributed by atoms with van der Waals surface area (Å²) in [5.74, 6) is -0.396. The van der Waals surface area contributed by atoms with E-state index in [1.807, 2.05) is 0 Å². The Kier molecular flexibility index (Phi) is 6.78. The maximum atomic E-state index is 13.0. The number of amides is 1. The predicted octanol–water partition coefficient (Wildman–Crippen LogP) is 1.88. The van der Waals surface area contributed by atoms with Gasteiger partial charge in [0.05, 0.1) is 5.56 Å². The first kappa shape index (κ1) is 18.4. The molecular weight excluding hydrogens is 331 g/mol. The fourth-order valence-corrected chi connectivity index (χ4v) is 2.78. The van der Waals surface area contributed by atoms with Crippen LogP contribution in [0.25, 0.3) is 11.1 Å². The van der Waals surface area contributed by atoms with Crippen LogP contribution in [-0.4, -0.2) is 55.1 Å². The number of rotatable bonds is 5. The zero-order valence-electron chi connectivity index (χ0n) is 13.3. The molecule has 1 saturated heterocycles. The molecule has 1 amide bonds. The summed E-state index contributed by atoms with van der Waals surface area (Å²) in [4.78, 5) is 17.7. The highest BCUT2D eigenvalue weighted by molar-refractivity contribution is 6.00. The van der Waals surface area contributed by atoms with Gasteiger partial charge in [-0.3, -0.25) is 9.69 Å². The van der Waals surface area contributed by atoms with Gasteiger partial charge in [-0.05, 0) is 17.7 Å². The van der Waals surface area contributed by atoms with Crippen molar-refractivity contribution in [3.8, 4) is 11.1 Å². The molecule has 0 atom stereocenters. The van der Waals surface area contributed by atoms with Crippen molar-refractivity contribution in [3.63, 3.8) is 0 Å². The molecule has 0 bridgehead atoms. The van der Waals surface area contributed by atoms with Crippen molar-refractivity contribution in [2.24, 2.45) is 0 Å². The number of piperazine rings is 1. The standard InChI is InChI=1S/C17H21FN4O.ClH/c18-14-3-1-13(2-4-14)15-11-20-12-16(15)17(23)21-7-10-22-8-5-19-6-9-22;/h1-4,11-12,19-20H,5-10H2,(H,21,23);1H. The van der Waals surface area contributed by atoms with E-state index in [0.717, 1.165) is 43.9 Å². The van der Waals surface area contributed by atoms with E-state index in [1.165, 1.54) is 12.1 Å². The zero-order valence-corrected chi connectivity index (χ0v) is 14.2. The van der Waals surface area contributed by atoms with Gasteiger partial charge in [-0.2, -0.15) is 0 Å². The highest BCUT2D eigenvalue weighted by Crippen LogP contribution is 2.23. The minimum atomic E-state index is -0.286. The van der Waals surface area contributed by atoms with E-state index in [0.29, 0.717) is 12.1 Å². The maximum absolute atomic E-state index is 13.0. The van der Waals surface area contributed by atoms with E-state index in [-0.39, 0.29) is 24.1 Å². The molecule has 0 radical (unpaired) electrons.